The van der Waals surface area contributed by atoms with Gasteiger partial charge >= 0.3 is 0 Å². The monoisotopic (exact) mass is 319 g/mol. The SMILES string of the molecule is CC(C)(C)C1NCCCC12CCN(c1c(N)cccc1F)CC2. The molecule has 2 saturated heterocycles. The van der Waals surface area contributed by atoms with Gasteiger partial charge < -0.3 is 16.0 Å². The van der Waals surface area contributed by atoms with Crippen LogP contribution in [0.3, 0.4) is 0 Å². The Morgan fingerprint density at radius 3 is 2.52 bits per heavy atom. The Balaban J connectivity index is 1.79. The Bertz CT molecular complexity index is 536. The minimum absolute atomic E-state index is 0.199. The summed E-state index contributed by atoms with van der Waals surface area (Å²) in [6.45, 7) is 9.89. The van der Waals surface area contributed by atoms with E-state index >= 15 is 0 Å². The zero-order valence-corrected chi connectivity index (χ0v) is 14.7. The molecule has 2 aliphatic heterocycles. The Hall–Kier alpha value is -1.29. The third-order valence-electron chi connectivity index (χ3n) is 5.77. The lowest BCUT2D eigenvalue weighted by Gasteiger charge is -2.54. The van der Waals surface area contributed by atoms with Crippen LogP contribution in [0.2, 0.25) is 0 Å². The molecule has 0 amide bonds. The summed E-state index contributed by atoms with van der Waals surface area (Å²) in [6.07, 6.45) is 4.74. The number of benzene rings is 1. The largest absolute Gasteiger partial charge is 0.397 e. The van der Waals surface area contributed by atoms with E-state index in [0.717, 1.165) is 32.5 Å². The maximum absolute atomic E-state index is 14.2. The zero-order valence-electron chi connectivity index (χ0n) is 14.7. The lowest BCUT2D eigenvalue weighted by Crippen LogP contribution is -2.59. The summed E-state index contributed by atoms with van der Waals surface area (Å²) < 4.78 is 14.2. The number of nitrogens with two attached hydrogens (primary N) is 1. The molecule has 1 atom stereocenters. The van der Waals surface area contributed by atoms with E-state index in [1.165, 1.54) is 18.9 Å². The van der Waals surface area contributed by atoms with Crippen molar-refractivity contribution in [2.45, 2.75) is 52.5 Å². The van der Waals surface area contributed by atoms with Crippen LogP contribution >= 0.6 is 0 Å². The van der Waals surface area contributed by atoms with Gasteiger partial charge in [0.1, 0.15) is 5.82 Å². The molecule has 0 aromatic heterocycles. The molecule has 1 aromatic rings. The van der Waals surface area contributed by atoms with Crippen LogP contribution in [0.1, 0.15) is 46.5 Å². The van der Waals surface area contributed by atoms with Crippen LogP contribution in [0.25, 0.3) is 0 Å². The first-order valence-corrected chi connectivity index (χ1v) is 8.86. The highest BCUT2D eigenvalue weighted by Gasteiger charge is 2.47. The van der Waals surface area contributed by atoms with Crippen molar-refractivity contribution in [2.24, 2.45) is 10.8 Å². The van der Waals surface area contributed by atoms with Crippen LogP contribution in [0, 0.1) is 16.6 Å². The van der Waals surface area contributed by atoms with E-state index in [0.29, 0.717) is 22.8 Å². The van der Waals surface area contributed by atoms with E-state index in [2.05, 4.69) is 31.0 Å². The van der Waals surface area contributed by atoms with Crippen LogP contribution in [0.5, 0.6) is 0 Å². The smallest absolute Gasteiger partial charge is 0.148 e. The van der Waals surface area contributed by atoms with E-state index in [-0.39, 0.29) is 11.2 Å². The van der Waals surface area contributed by atoms with Crippen LogP contribution in [-0.4, -0.2) is 25.7 Å². The lowest BCUT2D eigenvalue weighted by atomic mass is 9.60. The molecule has 0 bridgehead atoms. The number of nitrogens with zero attached hydrogens (tertiary/aromatic N) is 1. The summed E-state index contributed by atoms with van der Waals surface area (Å²) >= 11 is 0. The highest BCUT2D eigenvalue weighted by Crippen LogP contribution is 2.48. The summed E-state index contributed by atoms with van der Waals surface area (Å²) in [7, 11) is 0. The first-order valence-electron chi connectivity index (χ1n) is 8.86. The molecule has 3 nitrogen and oxygen atoms in total. The molecule has 2 fully saturated rings. The fourth-order valence-corrected chi connectivity index (χ4v) is 4.85. The van der Waals surface area contributed by atoms with Gasteiger partial charge in [-0.1, -0.05) is 26.8 Å². The third kappa shape index (κ3) is 3.06. The molecule has 0 radical (unpaired) electrons. The topological polar surface area (TPSA) is 41.3 Å². The van der Waals surface area contributed by atoms with Crippen molar-refractivity contribution in [1.29, 1.82) is 0 Å². The Kier molecular flexibility index (Phi) is 4.30. The average molecular weight is 319 g/mol. The van der Waals surface area contributed by atoms with Crippen molar-refractivity contribution < 1.29 is 4.39 Å². The number of nitrogens with one attached hydrogen (secondary N) is 1. The first-order chi connectivity index (χ1) is 10.8. The molecule has 4 heteroatoms. The van der Waals surface area contributed by atoms with Crippen LogP contribution in [0.15, 0.2) is 18.2 Å². The Morgan fingerprint density at radius 1 is 1.22 bits per heavy atom. The Morgan fingerprint density at radius 2 is 1.91 bits per heavy atom. The minimum Gasteiger partial charge on any atom is -0.397 e. The number of hydrogen-bond acceptors (Lipinski definition) is 3. The zero-order chi connectivity index (χ0) is 16.7. The average Bonchev–Trinajstić information content (AvgIpc) is 2.48. The molecular formula is C19H30FN3. The van der Waals surface area contributed by atoms with Crippen molar-refractivity contribution >= 4 is 11.4 Å². The molecule has 128 valence electrons. The molecule has 1 spiro atoms. The van der Waals surface area contributed by atoms with E-state index in [4.69, 9.17) is 5.73 Å². The number of nitrogen functional groups attached to an aromatic ring is 1. The third-order valence-corrected chi connectivity index (χ3v) is 5.77. The maximum Gasteiger partial charge on any atom is 0.148 e. The van der Waals surface area contributed by atoms with Gasteiger partial charge in [0, 0.05) is 19.1 Å². The number of rotatable bonds is 1. The molecule has 3 N–H and O–H groups in total. The van der Waals surface area contributed by atoms with Gasteiger partial charge in [0.05, 0.1) is 11.4 Å². The first kappa shape index (κ1) is 16.6. The second-order valence-corrected chi connectivity index (χ2v) is 8.38. The van der Waals surface area contributed by atoms with Crippen molar-refractivity contribution in [3.05, 3.63) is 24.0 Å². The van der Waals surface area contributed by atoms with Crippen LogP contribution in [-0.2, 0) is 0 Å². The second-order valence-electron chi connectivity index (χ2n) is 8.38. The summed E-state index contributed by atoms with van der Waals surface area (Å²) in [5.74, 6) is -0.199. The van der Waals surface area contributed by atoms with Gasteiger partial charge in [0.15, 0.2) is 0 Å². The summed E-state index contributed by atoms with van der Waals surface area (Å²) in [6, 6.07) is 5.52. The maximum atomic E-state index is 14.2. The van der Waals surface area contributed by atoms with Gasteiger partial charge in [-0.05, 0) is 55.2 Å². The standard InChI is InChI=1S/C19H30FN3/c1-18(2,3)17-19(8-5-11-22-17)9-12-23(13-10-19)16-14(20)6-4-7-15(16)21/h4,6-7,17,22H,5,8-13,21H2,1-3H3. The van der Waals surface area contributed by atoms with Gasteiger partial charge in [0.2, 0.25) is 0 Å². The van der Waals surface area contributed by atoms with E-state index in [1.807, 2.05) is 0 Å². The fourth-order valence-electron chi connectivity index (χ4n) is 4.85. The van der Waals surface area contributed by atoms with Crippen LogP contribution < -0.4 is 16.0 Å². The highest BCUT2D eigenvalue weighted by molar-refractivity contribution is 5.68. The van der Waals surface area contributed by atoms with Gasteiger partial charge in [0.25, 0.3) is 0 Å². The minimum atomic E-state index is -0.199. The second kappa shape index (κ2) is 5.97. The molecule has 0 saturated carbocycles. The molecule has 3 rings (SSSR count). The normalized spacial score (nSPS) is 24.9. The van der Waals surface area contributed by atoms with Crippen LogP contribution in [0.4, 0.5) is 15.8 Å². The Labute approximate surface area is 139 Å². The number of piperidine rings is 2. The van der Waals surface area contributed by atoms with E-state index in [9.17, 15) is 4.39 Å². The van der Waals surface area contributed by atoms with E-state index < -0.39 is 0 Å². The summed E-state index contributed by atoms with van der Waals surface area (Å²) in [5, 5.41) is 3.78. The molecule has 2 heterocycles. The molecule has 23 heavy (non-hydrogen) atoms. The number of anilines is 2. The predicted octanol–water partition coefficient (Wildman–Crippen LogP) is 3.79. The summed E-state index contributed by atoms with van der Waals surface area (Å²) in [4.78, 5) is 2.14. The van der Waals surface area contributed by atoms with Gasteiger partial charge in [-0.25, -0.2) is 4.39 Å². The molecule has 2 aliphatic rings. The van der Waals surface area contributed by atoms with Crippen molar-refractivity contribution in [1.82, 2.24) is 5.32 Å². The van der Waals surface area contributed by atoms with Gasteiger partial charge in [-0.2, -0.15) is 0 Å². The molecule has 1 unspecified atom stereocenters. The van der Waals surface area contributed by atoms with E-state index in [1.54, 1.807) is 12.1 Å². The van der Waals surface area contributed by atoms with Crippen molar-refractivity contribution in [3.8, 4) is 0 Å². The van der Waals surface area contributed by atoms with Crippen molar-refractivity contribution in [2.75, 3.05) is 30.3 Å². The lowest BCUT2D eigenvalue weighted by molar-refractivity contribution is 0.0327. The fraction of sp³-hybridized carbons (Fsp3) is 0.684. The van der Waals surface area contributed by atoms with Crippen molar-refractivity contribution in [3.63, 3.8) is 0 Å². The highest BCUT2D eigenvalue weighted by atomic mass is 19.1. The number of hydrogen-bond donors (Lipinski definition) is 2. The molecule has 0 aliphatic carbocycles. The van der Waals surface area contributed by atoms with Gasteiger partial charge in [-0.15, -0.1) is 0 Å². The summed E-state index contributed by atoms with van der Waals surface area (Å²) in [5.41, 5.74) is 7.76. The van der Waals surface area contributed by atoms with Gasteiger partial charge in [-0.3, -0.25) is 0 Å². The number of para-hydroxylation sites is 1. The number of halogens is 1. The molecular weight excluding hydrogens is 289 g/mol. The molecule has 1 aromatic carbocycles. The predicted molar refractivity (Wildman–Crippen MR) is 95.2 cm³/mol. The quantitative estimate of drug-likeness (QED) is 0.774.